The summed E-state index contributed by atoms with van der Waals surface area (Å²) >= 11 is 0. The summed E-state index contributed by atoms with van der Waals surface area (Å²) in [6.45, 7) is 0.160. The summed E-state index contributed by atoms with van der Waals surface area (Å²) < 4.78 is 32.7. The van der Waals surface area contributed by atoms with Gasteiger partial charge in [0.15, 0.2) is 28.8 Å². The first-order valence-corrected chi connectivity index (χ1v) is 9.51. The number of fused-ring (bicyclic) bond motifs is 3. The molecule has 2 aliphatic heterocycles. The molecule has 2 aromatic carbocycles. The average Bonchev–Trinajstić information content (AvgIpc) is 3.38. The zero-order valence-electron chi connectivity index (χ0n) is 16.7. The first kappa shape index (κ1) is 18.6. The van der Waals surface area contributed by atoms with Crippen molar-refractivity contribution in [2.75, 3.05) is 34.7 Å². The van der Waals surface area contributed by atoms with Gasteiger partial charge in [0.25, 0.3) is 0 Å². The molecule has 156 valence electrons. The van der Waals surface area contributed by atoms with Crippen LogP contribution in [0.25, 0.3) is 0 Å². The lowest BCUT2D eigenvalue weighted by Crippen LogP contribution is -2.36. The summed E-state index contributed by atoms with van der Waals surface area (Å²) in [5.41, 5.74) is 1.96. The second kappa shape index (κ2) is 6.83. The van der Waals surface area contributed by atoms with Crippen LogP contribution in [0.15, 0.2) is 24.3 Å². The van der Waals surface area contributed by atoms with Crippen molar-refractivity contribution in [3.63, 3.8) is 0 Å². The van der Waals surface area contributed by atoms with Crippen molar-refractivity contribution in [2.24, 2.45) is 11.8 Å². The summed E-state index contributed by atoms with van der Waals surface area (Å²) in [7, 11) is 4.59. The Morgan fingerprint density at radius 1 is 0.867 bits per heavy atom. The molecule has 0 aromatic heterocycles. The van der Waals surface area contributed by atoms with Crippen LogP contribution in [0, 0.1) is 11.8 Å². The highest BCUT2D eigenvalue weighted by Crippen LogP contribution is 2.52. The highest BCUT2D eigenvalue weighted by Gasteiger charge is 2.52. The molecule has 0 unspecified atom stereocenters. The fraction of sp³-hybridized carbons (Fsp3) is 0.364. The van der Waals surface area contributed by atoms with Gasteiger partial charge >= 0.3 is 5.97 Å². The molecule has 0 saturated carbocycles. The van der Waals surface area contributed by atoms with Gasteiger partial charge in [0.05, 0.1) is 33.2 Å². The van der Waals surface area contributed by atoms with E-state index in [0.717, 1.165) is 5.56 Å². The Labute approximate surface area is 172 Å². The van der Waals surface area contributed by atoms with E-state index in [4.69, 9.17) is 28.4 Å². The molecule has 8 nitrogen and oxygen atoms in total. The zero-order valence-corrected chi connectivity index (χ0v) is 16.7. The van der Waals surface area contributed by atoms with Gasteiger partial charge < -0.3 is 28.4 Å². The minimum absolute atomic E-state index is 0.0666. The van der Waals surface area contributed by atoms with Crippen LogP contribution >= 0.6 is 0 Å². The van der Waals surface area contributed by atoms with E-state index in [1.807, 2.05) is 0 Å². The van der Waals surface area contributed by atoms with Crippen LogP contribution in [0.3, 0.4) is 0 Å². The number of rotatable bonds is 4. The van der Waals surface area contributed by atoms with Crippen molar-refractivity contribution in [3.05, 3.63) is 41.0 Å². The van der Waals surface area contributed by atoms with E-state index in [2.05, 4.69) is 0 Å². The summed E-state index contributed by atoms with van der Waals surface area (Å²) in [6.07, 6.45) is 0. The fourth-order valence-corrected chi connectivity index (χ4v) is 4.63. The Balaban J connectivity index is 1.75. The summed E-state index contributed by atoms with van der Waals surface area (Å²) in [4.78, 5) is 25.9. The fourth-order valence-electron chi connectivity index (χ4n) is 4.63. The molecular formula is C22H20O8. The lowest BCUT2D eigenvalue weighted by atomic mass is 9.67. The lowest BCUT2D eigenvalue weighted by molar-refractivity contribution is -0.141. The number of ether oxygens (including phenoxy) is 6. The molecule has 2 heterocycles. The molecule has 0 radical (unpaired) electrons. The molecule has 1 fully saturated rings. The van der Waals surface area contributed by atoms with E-state index in [-0.39, 0.29) is 19.2 Å². The molecule has 0 amide bonds. The molecule has 2 aromatic rings. The molecule has 0 spiro atoms. The van der Waals surface area contributed by atoms with E-state index < -0.39 is 23.7 Å². The molecular weight excluding hydrogens is 392 g/mol. The van der Waals surface area contributed by atoms with Crippen molar-refractivity contribution in [2.45, 2.75) is 5.92 Å². The third-order valence-corrected chi connectivity index (χ3v) is 6.00. The van der Waals surface area contributed by atoms with E-state index in [9.17, 15) is 9.59 Å². The van der Waals surface area contributed by atoms with Crippen LogP contribution < -0.4 is 23.7 Å². The number of carbonyl (C=O) groups is 2. The summed E-state index contributed by atoms with van der Waals surface area (Å²) in [6, 6.07) is 7.09. The molecule has 1 aliphatic carbocycles. The first-order chi connectivity index (χ1) is 14.6. The van der Waals surface area contributed by atoms with Gasteiger partial charge in [0.2, 0.25) is 12.5 Å². The van der Waals surface area contributed by atoms with Gasteiger partial charge in [0.1, 0.15) is 6.61 Å². The predicted octanol–water partition coefficient (Wildman–Crippen LogP) is 2.56. The number of carbonyl (C=O) groups excluding carboxylic acids is 2. The van der Waals surface area contributed by atoms with Crippen LogP contribution in [0.1, 0.15) is 27.4 Å². The lowest BCUT2D eigenvalue weighted by Gasteiger charge is -2.33. The van der Waals surface area contributed by atoms with Crippen LogP contribution in [-0.4, -0.2) is 46.5 Å². The maximum absolute atomic E-state index is 13.2. The number of hydrogen-bond donors (Lipinski definition) is 0. The Kier molecular flexibility index (Phi) is 4.23. The van der Waals surface area contributed by atoms with E-state index in [1.54, 1.807) is 24.3 Å². The number of methoxy groups -OCH3 is 3. The minimum atomic E-state index is -0.645. The third-order valence-electron chi connectivity index (χ3n) is 6.00. The second-order valence-electron chi connectivity index (χ2n) is 7.36. The molecule has 5 rings (SSSR count). The van der Waals surface area contributed by atoms with Gasteiger partial charge in [0, 0.05) is 11.5 Å². The van der Waals surface area contributed by atoms with Crippen molar-refractivity contribution in [3.8, 4) is 28.7 Å². The summed E-state index contributed by atoms with van der Waals surface area (Å²) in [5, 5.41) is 0. The molecule has 30 heavy (non-hydrogen) atoms. The Bertz CT molecular complexity index is 1030. The highest BCUT2D eigenvalue weighted by molar-refractivity contribution is 6.05. The second-order valence-corrected chi connectivity index (χ2v) is 7.36. The molecule has 1 saturated heterocycles. The number of cyclic esters (lactones) is 1. The zero-order chi connectivity index (χ0) is 21.0. The Hall–Kier alpha value is -3.42. The number of esters is 1. The first-order valence-electron chi connectivity index (χ1n) is 9.51. The highest BCUT2D eigenvalue weighted by atomic mass is 16.7. The number of Topliss-reactive ketones (excluding diaryl/α,β-unsaturated/α-hetero) is 1. The van der Waals surface area contributed by atoms with Gasteiger partial charge in [-0.15, -0.1) is 0 Å². The molecule has 0 bridgehead atoms. The van der Waals surface area contributed by atoms with Crippen LogP contribution in [-0.2, 0) is 9.53 Å². The van der Waals surface area contributed by atoms with Crippen LogP contribution in [0.4, 0.5) is 0 Å². The standard InChI is InChI=1S/C22H20O8/c1-25-16-4-10(5-17(26-2)21(16)27-3)18-11-6-14-15(30-9-29-14)7-12(11)20(23)13-8-28-22(24)19(13)18/h4-7,13,18-19H,8-9H2,1-3H3/t13-,18+,19-/m0/s1. The number of benzene rings is 2. The third kappa shape index (κ3) is 2.52. The van der Waals surface area contributed by atoms with Gasteiger partial charge in [-0.1, -0.05) is 0 Å². The molecule has 0 N–H and O–H groups in total. The topological polar surface area (TPSA) is 89.5 Å². The van der Waals surface area contributed by atoms with E-state index >= 15 is 0 Å². The minimum Gasteiger partial charge on any atom is -0.493 e. The van der Waals surface area contributed by atoms with Gasteiger partial charge in [-0.3, -0.25) is 9.59 Å². The molecule has 3 atom stereocenters. The van der Waals surface area contributed by atoms with Crippen molar-refractivity contribution in [1.29, 1.82) is 0 Å². The smallest absolute Gasteiger partial charge is 0.310 e. The van der Waals surface area contributed by atoms with Crippen molar-refractivity contribution >= 4 is 11.8 Å². The predicted molar refractivity (Wildman–Crippen MR) is 103 cm³/mol. The Morgan fingerprint density at radius 3 is 2.17 bits per heavy atom. The summed E-state index contributed by atoms with van der Waals surface area (Å²) in [5.74, 6) is 0.287. The van der Waals surface area contributed by atoms with Gasteiger partial charge in [-0.25, -0.2) is 0 Å². The number of hydrogen-bond acceptors (Lipinski definition) is 8. The van der Waals surface area contributed by atoms with E-state index in [0.29, 0.717) is 39.9 Å². The van der Waals surface area contributed by atoms with Crippen molar-refractivity contribution in [1.82, 2.24) is 0 Å². The van der Waals surface area contributed by atoms with Gasteiger partial charge in [-0.2, -0.15) is 0 Å². The van der Waals surface area contributed by atoms with Crippen LogP contribution in [0.5, 0.6) is 28.7 Å². The maximum Gasteiger partial charge on any atom is 0.310 e. The normalized spacial score (nSPS) is 23.5. The van der Waals surface area contributed by atoms with E-state index in [1.165, 1.54) is 21.3 Å². The largest absolute Gasteiger partial charge is 0.493 e. The number of ketones is 1. The van der Waals surface area contributed by atoms with Crippen LogP contribution in [0.2, 0.25) is 0 Å². The SMILES string of the molecule is COc1cc([C@@H]2c3cc4c(cc3C(=O)[C@H]3COC(=O)[C@H]23)OCO4)cc(OC)c1OC. The molecule has 8 heteroatoms. The maximum atomic E-state index is 13.2. The average molecular weight is 412 g/mol. The quantitative estimate of drug-likeness (QED) is 0.708. The molecule has 3 aliphatic rings. The van der Waals surface area contributed by atoms with Crippen molar-refractivity contribution < 1.29 is 38.0 Å². The monoisotopic (exact) mass is 412 g/mol. The Morgan fingerprint density at radius 2 is 1.53 bits per heavy atom. The van der Waals surface area contributed by atoms with Gasteiger partial charge in [-0.05, 0) is 35.4 Å².